The molecule has 4 rings (SSSR count). The molecule has 7 heteroatoms. The number of benzene rings is 1. The summed E-state index contributed by atoms with van der Waals surface area (Å²) in [6, 6.07) is 6.82. The van der Waals surface area contributed by atoms with Gasteiger partial charge in [-0.15, -0.1) is 22.7 Å². The van der Waals surface area contributed by atoms with Gasteiger partial charge in [0.15, 0.2) is 0 Å². The Balaban J connectivity index is 1.72. The monoisotopic (exact) mass is 376 g/mol. The normalized spacial score (nSPS) is 13.0. The van der Waals surface area contributed by atoms with Crippen LogP contribution in [0.25, 0.3) is 10.1 Å². The second-order valence-electron chi connectivity index (χ2n) is 5.49. The quantitative estimate of drug-likeness (QED) is 0.653. The number of nitriles is 1. The van der Waals surface area contributed by atoms with Gasteiger partial charge in [-0.25, -0.2) is 4.39 Å². The van der Waals surface area contributed by atoms with Crippen molar-refractivity contribution in [3.8, 4) is 6.07 Å². The van der Waals surface area contributed by atoms with Crippen LogP contribution in [0.2, 0.25) is 5.02 Å². The number of nitrogens with zero attached hydrogens (tertiary/aromatic N) is 1. The van der Waals surface area contributed by atoms with Crippen molar-refractivity contribution in [3.63, 3.8) is 0 Å². The minimum atomic E-state index is -0.444. The van der Waals surface area contributed by atoms with E-state index in [-0.39, 0.29) is 15.3 Å². The molecule has 0 unspecified atom stereocenters. The maximum atomic E-state index is 13.9. The zero-order valence-electron chi connectivity index (χ0n) is 12.3. The van der Waals surface area contributed by atoms with E-state index in [4.69, 9.17) is 11.6 Å². The highest BCUT2D eigenvalue weighted by Crippen LogP contribution is 2.40. The SMILES string of the molecule is N#Cc1c(NC(=O)c2sc3cccc(F)c3c2Cl)sc2c1CCC2. The highest BCUT2D eigenvalue weighted by molar-refractivity contribution is 7.22. The van der Waals surface area contributed by atoms with Crippen LogP contribution < -0.4 is 5.32 Å². The lowest BCUT2D eigenvalue weighted by Gasteiger charge is -2.02. The molecule has 0 radical (unpaired) electrons. The molecule has 0 atom stereocenters. The van der Waals surface area contributed by atoms with Crippen LogP contribution in [0, 0.1) is 17.1 Å². The fraction of sp³-hybridized carbons (Fsp3) is 0.176. The van der Waals surface area contributed by atoms with Crippen molar-refractivity contribution in [2.24, 2.45) is 0 Å². The van der Waals surface area contributed by atoms with Crippen molar-refractivity contribution in [2.75, 3.05) is 5.32 Å². The van der Waals surface area contributed by atoms with Gasteiger partial charge in [0.05, 0.1) is 10.6 Å². The Morgan fingerprint density at radius 1 is 1.33 bits per heavy atom. The molecular weight excluding hydrogens is 367 g/mol. The standard InChI is InChI=1S/C17H10ClFN2OS2/c18-14-13-10(19)4-2-6-12(13)23-15(14)16(22)21-17-9(7-20)8-3-1-5-11(8)24-17/h2,4,6H,1,3,5H2,(H,21,22). The summed E-state index contributed by atoms with van der Waals surface area (Å²) in [7, 11) is 0. The average Bonchev–Trinajstić information content (AvgIpc) is 3.21. The highest BCUT2D eigenvalue weighted by atomic mass is 35.5. The predicted octanol–water partition coefficient (Wildman–Crippen LogP) is 5.37. The Morgan fingerprint density at radius 3 is 2.92 bits per heavy atom. The molecule has 0 saturated carbocycles. The van der Waals surface area contributed by atoms with Crippen LogP contribution in [0.5, 0.6) is 0 Å². The molecule has 24 heavy (non-hydrogen) atoms. The van der Waals surface area contributed by atoms with Crippen LogP contribution in [-0.4, -0.2) is 5.91 Å². The second kappa shape index (κ2) is 5.85. The third-order valence-electron chi connectivity index (χ3n) is 4.07. The Morgan fingerprint density at radius 2 is 2.17 bits per heavy atom. The molecule has 1 aromatic carbocycles. The van der Waals surface area contributed by atoms with Gasteiger partial charge in [0.25, 0.3) is 5.91 Å². The molecule has 1 aliphatic carbocycles. The number of anilines is 1. The van der Waals surface area contributed by atoms with Gasteiger partial charge in [-0.3, -0.25) is 4.79 Å². The topological polar surface area (TPSA) is 52.9 Å². The molecule has 0 fully saturated rings. The van der Waals surface area contributed by atoms with Crippen molar-refractivity contribution in [3.05, 3.63) is 49.9 Å². The first-order chi connectivity index (χ1) is 11.6. The van der Waals surface area contributed by atoms with Gasteiger partial charge in [0, 0.05) is 15.0 Å². The zero-order chi connectivity index (χ0) is 16.8. The smallest absolute Gasteiger partial charge is 0.267 e. The van der Waals surface area contributed by atoms with E-state index in [0.717, 1.165) is 41.0 Å². The van der Waals surface area contributed by atoms with E-state index in [1.807, 2.05) is 0 Å². The number of carbonyl (C=O) groups excluding carboxylic acids is 1. The van der Waals surface area contributed by atoms with E-state index in [0.29, 0.717) is 15.3 Å². The number of rotatable bonds is 2. The Kier molecular flexibility index (Phi) is 3.80. The lowest BCUT2D eigenvalue weighted by molar-refractivity contribution is 0.103. The summed E-state index contributed by atoms with van der Waals surface area (Å²) in [6.45, 7) is 0. The number of aryl methyl sites for hydroxylation is 1. The molecule has 0 aliphatic heterocycles. The van der Waals surface area contributed by atoms with Crippen molar-refractivity contribution in [1.29, 1.82) is 5.26 Å². The fourth-order valence-electron chi connectivity index (χ4n) is 2.99. The minimum absolute atomic E-state index is 0.119. The first-order valence-corrected chi connectivity index (χ1v) is 9.33. The van der Waals surface area contributed by atoms with E-state index < -0.39 is 11.7 Å². The van der Waals surface area contributed by atoms with Crippen molar-refractivity contribution >= 4 is 55.3 Å². The number of hydrogen-bond donors (Lipinski definition) is 1. The molecular formula is C17H10ClFN2OS2. The Labute approximate surface area is 150 Å². The number of nitrogens with one attached hydrogen (secondary N) is 1. The van der Waals surface area contributed by atoms with Crippen LogP contribution >= 0.6 is 34.3 Å². The second-order valence-corrected chi connectivity index (χ2v) is 8.02. The lowest BCUT2D eigenvalue weighted by atomic mass is 10.1. The summed E-state index contributed by atoms with van der Waals surface area (Å²) < 4.78 is 14.6. The number of halogens is 2. The van der Waals surface area contributed by atoms with Crippen molar-refractivity contribution < 1.29 is 9.18 Å². The Hall–Kier alpha value is -1.94. The molecule has 3 aromatic rings. The van der Waals surface area contributed by atoms with E-state index in [1.165, 1.54) is 17.4 Å². The molecule has 2 heterocycles. The fourth-order valence-corrected chi connectivity index (χ4v) is 5.68. The Bertz CT molecular complexity index is 1030. The van der Waals surface area contributed by atoms with Gasteiger partial charge in [-0.05, 0) is 37.0 Å². The van der Waals surface area contributed by atoms with E-state index in [1.54, 1.807) is 12.1 Å². The van der Waals surface area contributed by atoms with Crippen molar-refractivity contribution in [1.82, 2.24) is 0 Å². The molecule has 1 aliphatic rings. The van der Waals surface area contributed by atoms with Gasteiger partial charge in [0.2, 0.25) is 0 Å². The number of carbonyl (C=O) groups is 1. The molecule has 0 bridgehead atoms. The number of hydrogen-bond acceptors (Lipinski definition) is 4. The largest absolute Gasteiger partial charge is 0.312 e. The summed E-state index contributed by atoms with van der Waals surface area (Å²) >= 11 is 8.81. The summed E-state index contributed by atoms with van der Waals surface area (Å²) in [5, 5.41) is 13.1. The molecule has 1 amide bonds. The molecule has 0 spiro atoms. The third kappa shape index (κ3) is 2.32. The maximum Gasteiger partial charge on any atom is 0.267 e. The minimum Gasteiger partial charge on any atom is -0.312 e. The average molecular weight is 377 g/mol. The van der Waals surface area contributed by atoms with Crippen LogP contribution in [0.1, 0.15) is 32.1 Å². The van der Waals surface area contributed by atoms with Crippen LogP contribution in [0.3, 0.4) is 0 Å². The van der Waals surface area contributed by atoms with Crippen molar-refractivity contribution in [2.45, 2.75) is 19.3 Å². The number of amides is 1. The highest BCUT2D eigenvalue weighted by Gasteiger charge is 2.25. The number of fused-ring (bicyclic) bond motifs is 2. The van der Waals surface area contributed by atoms with E-state index in [9.17, 15) is 14.4 Å². The van der Waals surface area contributed by atoms with Crippen LogP contribution in [0.15, 0.2) is 18.2 Å². The van der Waals surface area contributed by atoms with Gasteiger partial charge in [-0.1, -0.05) is 17.7 Å². The lowest BCUT2D eigenvalue weighted by Crippen LogP contribution is -2.10. The maximum absolute atomic E-state index is 13.9. The molecule has 3 nitrogen and oxygen atoms in total. The number of thiophene rings is 2. The third-order valence-corrected chi connectivity index (χ3v) is 6.92. The summed E-state index contributed by atoms with van der Waals surface area (Å²) in [6.07, 6.45) is 2.87. The van der Waals surface area contributed by atoms with Gasteiger partial charge in [-0.2, -0.15) is 5.26 Å². The summed E-state index contributed by atoms with van der Waals surface area (Å²) in [4.78, 5) is 14.0. The van der Waals surface area contributed by atoms with Gasteiger partial charge >= 0.3 is 0 Å². The predicted molar refractivity (Wildman–Crippen MR) is 95.8 cm³/mol. The molecule has 1 N–H and O–H groups in total. The summed E-state index contributed by atoms with van der Waals surface area (Å²) in [5.41, 5.74) is 1.59. The molecule has 2 aromatic heterocycles. The van der Waals surface area contributed by atoms with E-state index >= 15 is 0 Å². The molecule has 120 valence electrons. The summed E-state index contributed by atoms with van der Waals surface area (Å²) in [5.74, 6) is -0.849. The van der Waals surface area contributed by atoms with E-state index in [2.05, 4.69) is 11.4 Å². The first-order valence-electron chi connectivity index (χ1n) is 7.32. The molecule has 0 saturated heterocycles. The zero-order valence-corrected chi connectivity index (χ0v) is 14.7. The van der Waals surface area contributed by atoms with Gasteiger partial charge in [0.1, 0.15) is 21.8 Å². The first kappa shape index (κ1) is 15.6. The van der Waals surface area contributed by atoms with Crippen LogP contribution in [0.4, 0.5) is 9.39 Å². The van der Waals surface area contributed by atoms with Gasteiger partial charge < -0.3 is 5.32 Å². The van der Waals surface area contributed by atoms with Crippen LogP contribution in [-0.2, 0) is 12.8 Å².